The van der Waals surface area contributed by atoms with Gasteiger partial charge in [-0.3, -0.25) is 0 Å². The molecular formula is C14H27NO. The highest BCUT2D eigenvalue weighted by Gasteiger charge is 2.47. The Balaban J connectivity index is 2.15. The van der Waals surface area contributed by atoms with E-state index in [1.54, 1.807) is 0 Å². The van der Waals surface area contributed by atoms with E-state index in [2.05, 4.69) is 12.2 Å². The standard InChI is InChI=1S/C14H27NO/c1-3-6-12-11-15-10-9-14(12)8-5-4-7-13(14)16-2/h12-13,15H,3-11H2,1-2H3. The molecule has 1 saturated carbocycles. The van der Waals surface area contributed by atoms with E-state index in [9.17, 15) is 0 Å². The first-order valence-corrected chi connectivity index (χ1v) is 7.07. The first-order valence-electron chi connectivity index (χ1n) is 7.07. The van der Waals surface area contributed by atoms with E-state index in [1.165, 1.54) is 58.0 Å². The van der Waals surface area contributed by atoms with Gasteiger partial charge in [0.15, 0.2) is 0 Å². The highest BCUT2D eigenvalue weighted by molar-refractivity contribution is 4.98. The van der Waals surface area contributed by atoms with Crippen molar-refractivity contribution in [2.75, 3.05) is 20.2 Å². The molecule has 0 radical (unpaired) electrons. The van der Waals surface area contributed by atoms with Crippen LogP contribution in [0.5, 0.6) is 0 Å². The molecule has 1 aliphatic carbocycles. The number of methoxy groups -OCH3 is 1. The normalized spacial score (nSPS) is 40.1. The predicted octanol–water partition coefficient (Wildman–Crippen LogP) is 2.97. The SMILES string of the molecule is CCCC1CNCCC12CCCCC2OC. The third kappa shape index (κ3) is 2.14. The van der Waals surface area contributed by atoms with E-state index in [1.807, 2.05) is 7.11 Å². The second kappa shape index (κ2) is 5.50. The zero-order chi connectivity index (χ0) is 11.4. The van der Waals surface area contributed by atoms with Gasteiger partial charge in [-0.15, -0.1) is 0 Å². The Morgan fingerprint density at radius 2 is 2.19 bits per heavy atom. The largest absolute Gasteiger partial charge is 0.381 e. The smallest absolute Gasteiger partial charge is 0.0631 e. The summed E-state index contributed by atoms with van der Waals surface area (Å²) in [5.74, 6) is 0.844. The summed E-state index contributed by atoms with van der Waals surface area (Å²) >= 11 is 0. The Bertz CT molecular complexity index is 211. The number of piperidine rings is 1. The van der Waals surface area contributed by atoms with Crippen LogP contribution >= 0.6 is 0 Å². The van der Waals surface area contributed by atoms with E-state index in [-0.39, 0.29) is 0 Å². The van der Waals surface area contributed by atoms with Crippen LogP contribution < -0.4 is 5.32 Å². The van der Waals surface area contributed by atoms with E-state index in [0.717, 1.165) is 5.92 Å². The second-order valence-corrected chi connectivity index (χ2v) is 5.64. The third-order valence-electron chi connectivity index (χ3n) is 4.89. The van der Waals surface area contributed by atoms with Gasteiger partial charge in [0.05, 0.1) is 6.10 Å². The van der Waals surface area contributed by atoms with Crippen LogP contribution in [-0.4, -0.2) is 26.3 Å². The van der Waals surface area contributed by atoms with Gasteiger partial charge in [0.2, 0.25) is 0 Å². The van der Waals surface area contributed by atoms with Crippen molar-refractivity contribution < 1.29 is 4.74 Å². The molecule has 0 aromatic heterocycles. The molecule has 0 aromatic carbocycles. The van der Waals surface area contributed by atoms with Gasteiger partial charge < -0.3 is 10.1 Å². The van der Waals surface area contributed by atoms with Gasteiger partial charge in [0, 0.05) is 12.5 Å². The molecule has 2 rings (SSSR count). The maximum absolute atomic E-state index is 5.83. The summed E-state index contributed by atoms with van der Waals surface area (Å²) in [6, 6.07) is 0. The summed E-state index contributed by atoms with van der Waals surface area (Å²) in [5, 5.41) is 3.58. The molecule has 16 heavy (non-hydrogen) atoms. The molecule has 2 heteroatoms. The first-order chi connectivity index (χ1) is 7.83. The van der Waals surface area contributed by atoms with Crippen molar-refractivity contribution in [2.45, 2.75) is 58.0 Å². The topological polar surface area (TPSA) is 21.3 Å². The van der Waals surface area contributed by atoms with Crippen LogP contribution in [0.3, 0.4) is 0 Å². The highest BCUT2D eigenvalue weighted by atomic mass is 16.5. The van der Waals surface area contributed by atoms with Crippen molar-refractivity contribution in [1.29, 1.82) is 0 Å². The average Bonchev–Trinajstić information content (AvgIpc) is 2.33. The summed E-state index contributed by atoms with van der Waals surface area (Å²) in [7, 11) is 1.92. The van der Waals surface area contributed by atoms with Gasteiger partial charge in [-0.2, -0.15) is 0 Å². The fourth-order valence-electron chi connectivity index (χ4n) is 4.08. The third-order valence-corrected chi connectivity index (χ3v) is 4.89. The molecule has 94 valence electrons. The lowest BCUT2D eigenvalue weighted by Crippen LogP contribution is -2.53. The number of hydrogen-bond acceptors (Lipinski definition) is 2. The zero-order valence-electron chi connectivity index (χ0n) is 10.9. The summed E-state index contributed by atoms with van der Waals surface area (Å²) in [6.45, 7) is 4.72. The van der Waals surface area contributed by atoms with E-state index in [0.29, 0.717) is 11.5 Å². The van der Waals surface area contributed by atoms with Crippen molar-refractivity contribution >= 4 is 0 Å². The van der Waals surface area contributed by atoms with Gasteiger partial charge >= 0.3 is 0 Å². The van der Waals surface area contributed by atoms with Crippen LogP contribution in [-0.2, 0) is 4.74 Å². The summed E-state index contributed by atoms with van der Waals surface area (Å²) in [5.41, 5.74) is 0.508. The summed E-state index contributed by atoms with van der Waals surface area (Å²) in [6.07, 6.45) is 10.0. The molecule has 2 aliphatic rings. The lowest BCUT2D eigenvalue weighted by atomic mass is 9.59. The van der Waals surface area contributed by atoms with Crippen LogP contribution in [0.25, 0.3) is 0 Å². The van der Waals surface area contributed by atoms with Crippen LogP contribution in [0, 0.1) is 11.3 Å². The maximum atomic E-state index is 5.83. The quantitative estimate of drug-likeness (QED) is 0.797. The molecule has 0 aromatic rings. The molecule has 0 bridgehead atoms. The van der Waals surface area contributed by atoms with E-state index < -0.39 is 0 Å². The average molecular weight is 225 g/mol. The maximum Gasteiger partial charge on any atom is 0.0631 e. The molecule has 1 saturated heterocycles. The monoisotopic (exact) mass is 225 g/mol. The molecule has 1 aliphatic heterocycles. The second-order valence-electron chi connectivity index (χ2n) is 5.64. The molecule has 3 atom stereocenters. The Morgan fingerprint density at radius 1 is 1.31 bits per heavy atom. The van der Waals surface area contributed by atoms with Gasteiger partial charge in [0.1, 0.15) is 0 Å². The molecule has 2 fully saturated rings. The summed E-state index contributed by atoms with van der Waals surface area (Å²) < 4.78 is 5.83. The van der Waals surface area contributed by atoms with Gasteiger partial charge in [-0.1, -0.05) is 26.2 Å². The van der Waals surface area contributed by atoms with Crippen molar-refractivity contribution in [3.63, 3.8) is 0 Å². The Morgan fingerprint density at radius 3 is 2.94 bits per heavy atom. The lowest BCUT2D eigenvalue weighted by molar-refractivity contribution is -0.0933. The zero-order valence-corrected chi connectivity index (χ0v) is 10.9. The van der Waals surface area contributed by atoms with Gasteiger partial charge in [-0.25, -0.2) is 0 Å². The predicted molar refractivity (Wildman–Crippen MR) is 67.6 cm³/mol. The molecule has 2 nitrogen and oxygen atoms in total. The van der Waals surface area contributed by atoms with Gasteiger partial charge in [-0.05, 0) is 44.7 Å². The van der Waals surface area contributed by atoms with E-state index in [4.69, 9.17) is 4.74 Å². The molecular weight excluding hydrogens is 198 g/mol. The number of ether oxygens (including phenoxy) is 1. The fraction of sp³-hybridized carbons (Fsp3) is 1.00. The minimum absolute atomic E-state index is 0.508. The van der Waals surface area contributed by atoms with E-state index >= 15 is 0 Å². The summed E-state index contributed by atoms with van der Waals surface area (Å²) in [4.78, 5) is 0. The minimum Gasteiger partial charge on any atom is -0.381 e. The van der Waals surface area contributed by atoms with Gasteiger partial charge in [0.25, 0.3) is 0 Å². The Hall–Kier alpha value is -0.0800. The number of rotatable bonds is 3. The molecule has 3 unspecified atom stereocenters. The Kier molecular flexibility index (Phi) is 4.26. The molecule has 0 amide bonds. The molecule has 1 N–H and O–H groups in total. The Labute approximate surface area is 100 Å². The lowest BCUT2D eigenvalue weighted by Gasteiger charge is -2.51. The van der Waals surface area contributed by atoms with Crippen molar-refractivity contribution in [3.05, 3.63) is 0 Å². The molecule has 1 spiro atoms. The van der Waals surface area contributed by atoms with Crippen LogP contribution in [0.15, 0.2) is 0 Å². The minimum atomic E-state index is 0.508. The van der Waals surface area contributed by atoms with Crippen molar-refractivity contribution in [2.24, 2.45) is 11.3 Å². The van der Waals surface area contributed by atoms with Crippen LogP contribution in [0.1, 0.15) is 51.9 Å². The van der Waals surface area contributed by atoms with Crippen LogP contribution in [0.2, 0.25) is 0 Å². The number of hydrogen-bond donors (Lipinski definition) is 1. The highest BCUT2D eigenvalue weighted by Crippen LogP contribution is 2.49. The number of nitrogens with one attached hydrogen (secondary N) is 1. The van der Waals surface area contributed by atoms with Crippen molar-refractivity contribution in [3.8, 4) is 0 Å². The first kappa shape index (κ1) is 12.4. The van der Waals surface area contributed by atoms with Crippen LogP contribution in [0.4, 0.5) is 0 Å². The molecule has 1 heterocycles. The van der Waals surface area contributed by atoms with Crippen molar-refractivity contribution in [1.82, 2.24) is 5.32 Å². The fourth-order valence-corrected chi connectivity index (χ4v) is 4.08.